The molecule has 8 heteroatoms. The van der Waals surface area contributed by atoms with Gasteiger partial charge in [-0.05, 0) is 42.3 Å². The van der Waals surface area contributed by atoms with Crippen LogP contribution in [0.25, 0.3) is 0 Å². The van der Waals surface area contributed by atoms with E-state index in [0.29, 0.717) is 12.2 Å². The number of ether oxygens (including phenoxy) is 1. The second-order valence-electron chi connectivity index (χ2n) is 4.94. The highest BCUT2D eigenvalue weighted by Gasteiger charge is 2.18. The van der Waals surface area contributed by atoms with Crippen molar-refractivity contribution in [2.24, 2.45) is 0 Å². The highest BCUT2D eigenvalue weighted by atomic mass is 32.2. The lowest BCUT2D eigenvalue weighted by Crippen LogP contribution is -2.26. The van der Waals surface area contributed by atoms with Crippen molar-refractivity contribution in [1.82, 2.24) is 4.72 Å². The third-order valence-electron chi connectivity index (χ3n) is 3.34. The molecule has 2 N–H and O–H groups in total. The van der Waals surface area contributed by atoms with E-state index in [1.165, 1.54) is 0 Å². The molecule has 0 heterocycles. The molecule has 0 atom stereocenters. The largest absolute Gasteiger partial charge is 0.497 e. The Labute approximate surface area is 138 Å². The van der Waals surface area contributed by atoms with Gasteiger partial charge in [0, 0.05) is 6.54 Å². The van der Waals surface area contributed by atoms with Gasteiger partial charge < -0.3 is 9.84 Å². The first kappa shape index (κ1) is 17.9. The van der Waals surface area contributed by atoms with Gasteiger partial charge in [-0.15, -0.1) is 0 Å². The minimum Gasteiger partial charge on any atom is -0.497 e. The summed E-state index contributed by atoms with van der Waals surface area (Å²) in [6.07, 6.45) is 0.441. The van der Waals surface area contributed by atoms with E-state index in [4.69, 9.17) is 9.84 Å². The molecule has 0 saturated heterocycles. The van der Waals surface area contributed by atoms with Crippen molar-refractivity contribution >= 4 is 16.0 Å². The summed E-state index contributed by atoms with van der Waals surface area (Å²) in [4.78, 5) is 10.6. The number of sulfonamides is 1. The van der Waals surface area contributed by atoms with Crippen LogP contribution in [0.5, 0.6) is 5.75 Å². The molecule has 6 nitrogen and oxygen atoms in total. The normalized spacial score (nSPS) is 11.2. The Morgan fingerprint density at radius 3 is 2.46 bits per heavy atom. The second-order valence-corrected chi connectivity index (χ2v) is 6.71. The molecule has 0 bridgehead atoms. The Balaban J connectivity index is 2.05. The molecule has 0 aliphatic rings. The number of benzene rings is 2. The molecular formula is C16H16FNO5S. The van der Waals surface area contributed by atoms with E-state index in [1.807, 2.05) is 12.1 Å². The SMILES string of the molecule is COc1ccc(CCNS(=O)(=O)c2ccc(F)c(C(=O)O)c2)cc1. The molecule has 2 rings (SSSR count). The Morgan fingerprint density at radius 1 is 1.21 bits per heavy atom. The fourth-order valence-corrected chi connectivity index (χ4v) is 3.10. The maximum absolute atomic E-state index is 13.3. The van der Waals surface area contributed by atoms with Crippen LogP contribution in [0.2, 0.25) is 0 Å². The van der Waals surface area contributed by atoms with Crippen molar-refractivity contribution in [2.75, 3.05) is 13.7 Å². The Morgan fingerprint density at radius 2 is 1.88 bits per heavy atom. The van der Waals surface area contributed by atoms with Crippen LogP contribution < -0.4 is 9.46 Å². The molecular weight excluding hydrogens is 337 g/mol. The molecule has 0 radical (unpaired) electrons. The minimum absolute atomic E-state index is 0.119. The highest BCUT2D eigenvalue weighted by Crippen LogP contribution is 2.16. The van der Waals surface area contributed by atoms with Gasteiger partial charge in [-0.25, -0.2) is 22.3 Å². The van der Waals surface area contributed by atoms with Crippen molar-refractivity contribution in [2.45, 2.75) is 11.3 Å². The summed E-state index contributed by atoms with van der Waals surface area (Å²) >= 11 is 0. The summed E-state index contributed by atoms with van der Waals surface area (Å²) in [6.45, 7) is 0.119. The van der Waals surface area contributed by atoms with E-state index >= 15 is 0 Å². The molecule has 0 aliphatic heterocycles. The van der Waals surface area contributed by atoms with Crippen LogP contribution in [0.15, 0.2) is 47.4 Å². The number of carboxylic acids is 1. The van der Waals surface area contributed by atoms with Crippen LogP contribution in [0, 0.1) is 5.82 Å². The Kier molecular flexibility index (Phi) is 5.53. The van der Waals surface area contributed by atoms with Crippen LogP contribution in [0.3, 0.4) is 0 Å². The Hall–Kier alpha value is -2.45. The summed E-state index contributed by atoms with van der Waals surface area (Å²) in [5, 5.41) is 8.86. The first-order valence-corrected chi connectivity index (χ1v) is 8.47. The van der Waals surface area contributed by atoms with Gasteiger partial charge in [0.25, 0.3) is 0 Å². The smallest absolute Gasteiger partial charge is 0.338 e. The predicted octanol–water partition coefficient (Wildman–Crippen LogP) is 2.05. The first-order valence-electron chi connectivity index (χ1n) is 6.99. The summed E-state index contributed by atoms with van der Waals surface area (Å²) in [6, 6.07) is 9.80. The standard InChI is InChI=1S/C16H16FNO5S/c1-23-12-4-2-11(3-5-12)8-9-18-24(21,22)13-6-7-15(17)14(10-13)16(19)20/h2-7,10,18H,8-9H2,1H3,(H,19,20). The van der Waals surface area contributed by atoms with Crippen LogP contribution >= 0.6 is 0 Å². The summed E-state index contributed by atoms with van der Waals surface area (Å²) < 4.78 is 45.1. The molecule has 24 heavy (non-hydrogen) atoms. The van der Waals surface area contributed by atoms with E-state index in [1.54, 1.807) is 19.2 Å². The third-order valence-corrected chi connectivity index (χ3v) is 4.80. The maximum atomic E-state index is 13.3. The zero-order chi connectivity index (χ0) is 17.7. The van der Waals surface area contributed by atoms with Crippen molar-refractivity contribution in [3.05, 3.63) is 59.4 Å². The molecule has 2 aromatic carbocycles. The van der Waals surface area contributed by atoms with Crippen molar-refractivity contribution in [3.63, 3.8) is 0 Å². The molecule has 0 saturated carbocycles. The quantitative estimate of drug-likeness (QED) is 0.795. The van der Waals surface area contributed by atoms with Crippen molar-refractivity contribution < 1.29 is 27.4 Å². The van der Waals surface area contributed by atoms with Crippen molar-refractivity contribution in [3.8, 4) is 5.75 Å². The van der Waals surface area contributed by atoms with Gasteiger partial charge in [-0.3, -0.25) is 0 Å². The number of nitrogens with one attached hydrogen (secondary N) is 1. The lowest BCUT2D eigenvalue weighted by Gasteiger charge is -2.08. The molecule has 2 aromatic rings. The highest BCUT2D eigenvalue weighted by molar-refractivity contribution is 7.89. The molecule has 0 aromatic heterocycles. The number of carbonyl (C=O) groups is 1. The summed E-state index contributed by atoms with van der Waals surface area (Å²) in [5.74, 6) is -1.81. The molecule has 128 valence electrons. The van der Waals surface area contributed by atoms with E-state index in [-0.39, 0.29) is 11.4 Å². The Bertz CT molecular complexity index is 834. The van der Waals surface area contributed by atoms with Gasteiger partial charge in [-0.1, -0.05) is 12.1 Å². The van der Waals surface area contributed by atoms with Gasteiger partial charge in [-0.2, -0.15) is 0 Å². The van der Waals surface area contributed by atoms with Gasteiger partial charge >= 0.3 is 5.97 Å². The van der Waals surface area contributed by atoms with E-state index in [2.05, 4.69) is 4.72 Å². The predicted molar refractivity (Wildman–Crippen MR) is 85.2 cm³/mol. The summed E-state index contributed by atoms with van der Waals surface area (Å²) in [5.41, 5.74) is 0.219. The van der Waals surface area contributed by atoms with Gasteiger partial charge in [0.2, 0.25) is 10.0 Å². The van der Waals surface area contributed by atoms with Crippen LogP contribution in [-0.2, 0) is 16.4 Å². The van der Waals surface area contributed by atoms with Gasteiger partial charge in [0.15, 0.2) is 0 Å². The topological polar surface area (TPSA) is 92.7 Å². The number of hydrogen-bond acceptors (Lipinski definition) is 4. The maximum Gasteiger partial charge on any atom is 0.338 e. The lowest BCUT2D eigenvalue weighted by atomic mass is 10.1. The number of carboxylic acid groups (broad SMARTS) is 1. The molecule has 0 aliphatic carbocycles. The van der Waals surface area contributed by atoms with Gasteiger partial charge in [0.05, 0.1) is 17.6 Å². The minimum atomic E-state index is -3.92. The van der Waals surface area contributed by atoms with Crippen LogP contribution in [0.4, 0.5) is 4.39 Å². The fourth-order valence-electron chi connectivity index (χ4n) is 2.04. The number of halogens is 1. The van der Waals surface area contributed by atoms with E-state index in [9.17, 15) is 17.6 Å². The van der Waals surface area contributed by atoms with Crippen LogP contribution in [0.1, 0.15) is 15.9 Å². The number of rotatable bonds is 7. The number of hydrogen-bond donors (Lipinski definition) is 2. The second kappa shape index (κ2) is 7.41. The third kappa shape index (κ3) is 4.30. The molecule has 0 spiro atoms. The zero-order valence-electron chi connectivity index (χ0n) is 12.8. The average Bonchev–Trinajstić information content (AvgIpc) is 2.55. The van der Waals surface area contributed by atoms with Gasteiger partial charge in [0.1, 0.15) is 11.6 Å². The first-order chi connectivity index (χ1) is 11.3. The number of aromatic carboxylic acids is 1. The summed E-state index contributed by atoms with van der Waals surface area (Å²) in [7, 11) is -2.37. The molecule has 0 amide bonds. The van der Waals surface area contributed by atoms with E-state index < -0.39 is 27.4 Å². The lowest BCUT2D eigenvalue weighted by molar-refractivity contribution is 0.0691. The number of methoxy groups -OCH3 is 1. The van der Waals surface area contributed by atoms with Crippen LogP contribution in [-0.4, -0.2) is 33.1 Å². The molecule has 0 unspecified atom stereocenters. The van der Waals surface area contributed by atoms with Crippen molar-refractivity contribution in [1.29, 1.82) is 0 Å². The van der Waals surface area contributed by atoms with E-state index in [0.717, 1.165) is 23.8 Å². The molecule has 0 fully saturated rings. The zero-order valence-corrected chi connectivity index (χ0v) is 13.6. The monoisotopic (exact) mass is 353 g/mol. The average molecular weight is 353 g/mol. The fraction of sp³-hybridized carbons (Fsp3) is 0.188.